The maximum absolute atomic E-state index is 13.2. The van der Waals surface area contributed by atoms with Crippen LogP contribution >= 0.6 is 0 Å². The fraction of sp³-hybridized carbons (Fsp3) is 0.450. The van der Waals surface area contributed by atoms with Gasteiger partial charge in [-0.2, -0.15) is 5.10 Å². The smallest absolute Gasteiger partial charge is 0.257 e. The number of H-pyrrole nitrogens is 1. The average Bonchev–Trinajstić information content (AvgIpc) is 3.33. The zero-order chi connectivity index (χ0) is 18.3. The van der Waals surface area contributed by atoms with Gasteiger partial charge in [0.05, 0.1) is 28.8 Å². The molecule has 26 heavy (non-hydrogen) atoms. The summed E-state index contributed by atoms with van der Waals surface area (Å²) in [6, 6.07) is 6.20. The average molecular weight is 351 g/mol. The number of hydrogen-bond donors (Lipinski definition) is 1. The number of carbonyl (C=O) groups excluding carboxylic acids is 1. The first-order chi connectivity index (χ1) is 12.6. The number of benzene rings is 1. The molecule has 1 aliphatic heterocycles. The molecule has 1 N–H and O–H groups in total. The number of imidazole rings is 1. The highest BCUT2D eigenvalue weighted by Crippen LogP contribution is 2.33. The third kappa shape index (κ3) is 2.79. The molecule has 0 aliphatic carbocycles. The molecule has 1 saturated heterocycles. The summed E-state index contributed by atoms with van der Waals surface area (Å²) >= 11 is 0. The van der Waals surface area contributed by atoms with Crippen LogP contribution in [-0.2, 0) is 6.54 Å². The van der Waals surface area contributed by atoms with Crippen LogP contribution in [0.3, 0.4) is 0 Å². The van der Waals surface area contributed by atoms with Crippen molar-refractivity contribution in [2.75, 3.05) is 6.54 Å². The van der Waals surface area contributed by atoms with Crippen LogP contribution in [0.1, 0.15) is 59.7 Å². The van der Waals surface area contributed by atoms with E-state index in [-0.39, 0.29) is 11.9 Å². The van der Waals surface area contributed by atoms with Gasteiger partial charge in [0.2, 0.25) is 0 Å². The van der Waals surface area contributed by atoms with Crippen molar-refractivity contribution in [2.24, 2.45) is 0 Å². The van der Waals surface area contributed by atoms with E-state index in [1.165, 1.54) is 5.56 Å². The number of rotatable bonds is 4. The van der Waals surface area contributed by atoms with Crippen LogP contribution in [0.4, 0.5) is 0 Å². The predicted octanol–water partition coefficient (Wildman–Crippen LogP) is 3.76. The molecule has 3 aromatic rings. The van der Waals surface area contributed by atoms with Gasteiger partial charge in [-0.25, -0.2) is 4.98 Å². The van der Waals surface area contributed by atoms with E-state index in [0.717, 1.165) is 54.9 Å². The Bertz CT molecular complexity index is 954. The molecule has 1 amide bonds. The van der Waals surface area contributed by atoms with E-state index in [9.17, 15) is 4.79 Å². The van der Waals surface area contributed by atoms with Crippen LogP contribution in [-0.4, -0.2) is 37.1 Å². The second-order valence-electron chi connectivity index (χ2n) is 7.17. The third-order valence-electron chi connectivity index (χ3n) is 5.25. The van der Waals surface area contributed by atoms with Gasteiger partial charge in [0.25, 0.3) is 5.91 Å². The second-order valence-corrected chi connectivity index (χ2v) is 7.17. The van der Waals surface area contributed by atoms with Crippen molar-refractivity contribution in [1.82, 2.24) is 24.6 Å². The lowest BCUT2D eigenvalue weighted by Gasteiger charge is -2.23. The summed E-state index contributed by atoms with van der Waals surface area (Å²) in [5.41, 5.74) is 4.84. The highest BCUT2D eigenvalue weighted by atomic mass is 16.2. The lowest BCUT2D eigenvalue weighted by atomic mass is 10.2. The summed E-state index contributed by atoms with van der Waals surface area (Å²) in [5.74, 6) is 0.944. The van der Waals surface area contributed by atoms with Gasteiger partial charge in [0.1, 0.15) is 5.82 Å². The van der Waals surface area contributed by atoms with Crippen LogP contribution in [0.2, 0.25) is 0 Å². The van der Waals surface area contributed by atoms with Gasteiger partial charge in [0.15, 0.2) is 0 Å². The molecule has 1 fully saturated rings. The minimum absolute atomic E-state index is 0.00383. The number of likely N-dealkylation sites (tertiary alicyclic amines) is 1. The van der Waals surface area contributed by atoms with Crippen LogP contribution < -0.4 is 0 Å². The maximum Gasteiger partial charge on any atom is 0.257 e. The first kappa shape index (κ1) is 16.8. The number of hydrogen-bond acceptors (Lipinski definition) is 3. The van der Waals surface area contributed by atoms with Gasteiger partial charge in [-0.15, -0.1) is 0 Å². The van der Waals surface area contributed by atoms with Crippen molar-refractivity contribution in [3.05, 3.63) is 47.0 Å². The Kier molecular flexibility index (Phi) is 4.26. The number of amides is 1. The van der Waals surface area contributed by atoms with E-state index in [1.54, 1.807) is 6.20 Å². The van der Waals surface area contributed by atoms with Gasteiger partial charge < -0.3 is 9.88 Å². The van der Waals surface area contributed by atoms with E-state index in [2.05, 4.69) is 36.1 Å². The molecular weight excluding hydrogens is 326 g/mol. The summed E-state index contributed by atoms with van der Waals surface area (Å²) in [5, 5.41) is 4.39. The number of aromatic amines is 1. The molecule has 4 rings (SSSR count). The van der Waals surface area contributed by atoms with Gasteiger partial charge in [-0.05, 0) is 50.8 Å². The summed E-state index contributed by atoms with van der Waals surface area (Å²) < 4.78 is 1.92. The zero-order valence-electron chi connectivity index (χ0n) is 15.6. The molecule has 2 aromatic heterocycles. The minimum Gasteiger partial charge on any atom is -0.340 e. The Morgan fingerprint density at radius 1 is 1.35 bits per heavy atom. The second kappa shape index (κ2) is 6.59. The van der Waals surface area contributed by atoms with E-state index >= 15 is 0 Å². The Morgan fingerprint density at radius 3 is 3.00 bits per heavy atom. The van der Waals surface area contributed by atoms with Gasteiger partial charge in [-0.3, -0.25) is 9.48 Å². The van der Waals surface area contributed by atoms with E-state index in [0.29, 0.717) is 5.56 Å². The quantitative estimate of drug-likeness (QED) is 0.778. The van der Waals surface area contributed by atoms with Crippen molar-refractivity contribution in [3.63, 3.8) is 0 Å². The molecule has 0 saturated carbocycles. The summed E-state index contributed by atoms with van der Waals surface area (Å²) in [7, 11) is 0. The van der Waals surface area contributed by atoms with E-state index in [1.807, 2.05) is 22.6 Å². The maximum atomic E-state index is 13.2. The Morgan fingerprint density at radius 2 is 2.19 bits per heavy atom. The van der Waals surface area contributed by atoms with Crippen molar-refractivity contribution in [1.29, 1.82) is 0 Å². The van der Waals surface area contributed by atoms with Crippen molar-refractivity contribution < 1.29 is 4.79 Å². The monoisotopic (exact) mass is 351 g/mol. The number of aryl methyl sites for hydroxylation is 2. The van der Waals surface area contributed by atoms with Gasteiger partial charge in [0, 0.05) is 18.8 Å². The largest absolute Gasteiger partial charge is 0.340 e. The molecule has 1 aromatic carbocycles. The number of nitrogens with zero attached hydrogens (tertiary/aromatic N) is 4. The molecule has 6 nitrogen and oxygen atoms in total. The topological polar surface area (TPSA) is 66.8 Å². The predicted molar refractivity (Wildman–Crippen MR) is 101 cm³/mol. The number of fused-ring (bicyclic) bond motifs is 1. The van der Waals surface area contributed by atoms with Crippen molar-refractivity contribution in [2.45, 2.75) is 52.6 Å². The summed E-state index contributed by atoms with van der Waals surface area (Å²) in [6.07, 6.45) is 4.65. The molecule has 6 heteroatoms. The van der Waals surface area contributed by atoms with Crippen molar-refractivity contribution in [3.8, 4) is 0 Å². The molecule has 0 unspecified atom stereocenters. The molecule has 136 valence electrons. The molecule has 0 spiro atoms. The fourth-order valence-corrected chi connectivity index (χ4v) is 3.84. The SMILES string of the molecule is CCCn1ncc(C(=O)N2CCC[C@@H]2c2nc3ccc(C)cc3[nH]2)c1C. The number of aromatic nitrogens is 4. The van der Waals surface area contributed by atoms with Crippen LogP contribution in [0.5, 0.6) is 0 Å². The molecule has 1 atom stereocenters. The first-order valence-corrected chi connectivity index (χ1v) is 9.38. The van der Waals surface area contributed by atoms with Crippen LogP contribution in [0.15, 0.2) is 24.4 Å². The Hall–Kier alpha value is -2.63. The number of nitrogens with one attached hydrogen (secondary N) is 1. The molecule has 0 radical (unpaired) electrons. The lowest BCUT2D eigenvalue weighted by Crippen LogP contribution is -2.31. The van der Waals surface area contributed by atoms with Crippen LogP contribution in [0.25, 0.3) is 11.0 Å². The van der Waals surface area contributed by atoms with E-state index in [4.69, 9.17) is 4.98 Å². The Balaban J connectivity index is 1.64. The highest BCUT2D eigenvalue weighted by Gasteiger charge is 2.34. The lowest BCUT2D eigenvalue weighted by molar-refractivity contribution is 0.0729. The standard InChI is InChI=1S/C20H25N5O/c1-4-9-25-14(3)15(12-21-25)20(26)24-10-5-6-18(24)19-22-16-8-7-13(2)11-17(16)23-19/h7-8,11-12,18H,4-6,9-10H2,1-3H3,(H,22,23)/t18-/m1/s1. The molecule has 3 heterocycles. The molecule has 0 bridgehead atoms. The minimum atomic E-state index is 0.00383. The molecule has 1 aliphatic rings. The summed E-state index contributed by atoms with van der Waals surface area (Å²) in [4.78, 5) is 23.3. The van der Waals surface area contributed by atoms with E-state index < -0.39 is 0 Å². The third-order valence-corrected chi connectivity index (χ3v) is 5.25. The van der Waals surface area contributed by atoms with Gasteiger partial charge >= 0.3 is 0 Å². The normalized spacial score (nSPS) is 17.3. The van der Waals surface area contributed by atoms with Crippen molar-refractivity contribution >= 4 is 16.9 Å². The first-order valence-electron chi connectivity index (χ1n) is 9.38. The number of carbonyl (C=O) groups is 1. The van der Waals surface area contributed by atoms with Gasteiger partial charge in [-0.1, -0.05) is 13.0 Å². The zero-order valence-corrected chi connectivity index (χ0v) is 15.6. The fourth-order valence-electron chi connectivity index (χ4n) is 3.84. The van der Waals surface area contributed by atoms with Crippen LogP contribution in [0, 0.1) is 13.8 Å². The Labute approximate surface area is 153 Å². The molecular formula is C20H25N5O. The highest BCUT2D eigenvalue weighted by molar-refractivity contribution is 5.95. The summed E-state index contributed by atoms with van der Waals surface area (Å²) in [6.45, 7) is 7.76.